The summed E-state index contributed by atoms with van der Waals surface area (Å²) in [6.45, 7) is 4.76. The molecule has 282 valence electrons. The smallest absolute Gasteiger partial charge is 0.143 e. The molecule has 2 aliphatic rings. The highest BCUT2D eigenvalue weighted by Crippen LogP contribution is 2.54. The number of furan rings is 1. The Morgan fingerprint density at radius 1 is 0.525 bits per heavy atom. The number of anilines is 2. The van der Waals surface area contributed by atoms with Gasteiger partial charge in [-0.2, -0.15) is 0 Å². The summed E-state index contributed by atoms with van der Waals surface area (Å²) in [6, 6.07) is 68.3. The molecule has 11 rings (SSSR count). The Morgan fingerprint density at radius 3 is 1.98 bits per heavy atom. The molecule has 2 aliphatic carbocycles. The molecule has 1 unspecified atom stereocenters. The molecule has 2 nitrogen and oxygen atoms in total. The van der Waals surface area contributed by atoms with Crippen molar-refractivity contribution in [3.63, 3.8) is 0 Å². The van der Waals surface area contributed by atoms with Gasteiger partial charge in [0.1, 0.15) is 11.2 Å². The van der Waals surface area contributed by atoms with Crippen LogP contribution in [0.4, 0.5) is 11.4 Å². The van der Waals surface area contributed by atoms with Gasteiger partial charge in [-0.05, 0) is 92.4 Å². The summed E-state index contributed by atoms with van der Waals surface area (Å²) in [7, 11) is 0. The Bertz CT molecular complexity index is 3250. The fourth-order valence-electron chi connectivity index (χ4n) is 9.73. The van der Waals surface area contributed by atoms with Gasteiger partial charge in [0.15, 0.2) is 0 Å². The second-order valence-corrected chi connectivity index (χ2v) is 16.4. The van der Waals surface area contributed by atoms with Crippen LogP contribution in [0, 0.1) is 0 Å². The number of nitrogens with zero attached hydrogens (tertiary/aromatic N) is 1. The number of allylic oxidation sites excluding steroid dienone is 3. The summed E-state index contributed by atoms with van der Waals surface area (Å²) in [4.78, 5) is 2.52. The topological polar surface area (TPSA) is 16.4 Å². The third-order valence-electron chi connectivity index (χ3n) is 12.6. The van der Waals surface area contributed by atoms with Gasteiger partial charge in [-0.3, -0.25) is 0 Å². The Labute approximate surface area is 345 Å². The zero-order valence-electron chi connectivity index (χ0n) is 33.3. The molecule has 0 saturated carbocycles. The van der Waals surface area contributed by atoms with E-state index in [9.17, 15) is 0 Å². The van der Waals surface area contributed by atoms with E-state index in [2.05, 4.69) is 225 Å². The molecule has 1 aromatic heterocycles. The fraction of sp³-hybridized carbons (Fsp3) is 0.0877. The van der Waals surface area contributed by atoms with E-state index in [0.717, 1.165) is 45.0 Å². The predicted molar refractivity (Wildman–Crippen MR) is 249 cm³/mol. The summed E-state index contributed by atoms with van der Waals surface area (Å²) in [5.74, 6) is 0.245. The summed E-state index contributed by atoms with van der Waals surface area (Å²) < 4.78 is 6.56. The number of hydrogen-bond donors (Lipinski definition) is 0. The van der Waals surface area contributed by atoms with Crippen LogP contribution < -0.4 is 4.90 Å². The molecule has 0 N–H and O–H groups in total. The highest BCUT2D eigenvalue weighted by Gasteiger charge is 2.39. The molecule has 9 aromatic rings. The molecule has 0 radical (unpaired) electrons. The minimum absolute atomic E-state index is 0.196. The van der Waals surface area contributed by atoms with E-state index in [1.807, 2.05) is 0 Å². The summed E-state index contributed by atoms with van der Waals surface area (Å²) >= 11 is 0. The lowest BCUT2D eigenvalue weighted by atomic mass is 9.81. The summed E-state index contributed by atoms with van der Waals surface area (Å²) in [6.07, 6.45) is 8.07. The van der Waals surface area contributed by atoms with Crippen LogP contribution in [-0.4, -0.2) is 0 Å². The molecule has 0 bridgehead atoms. The Balaban J connectivity index is 1.06. The molecule has 8 aromatic carbocycles. The maximum Gasteiger partial charge on any atom is 0.143 e. The van der Waals surface area contributed by atoms with Gasteiger partial charge in [-0.25, -0.2) is 0 Å². The molecule has 2 heteroatoms. The van der Waals surface area contributed by atoms with Crippen molar-refractivity contribution >= 4 is 54.9 Å². The second kappa shape index (κ2) is 14.0. The number of benzene rings is 7. The normalized spacial score (nSPS) is 15.2. The van der Waals surface area contributed by atoms with Crippen LogP contribution in [0.5, 0.6) is 0 Å². The SMILES string of the molecule is CC1(C)c2ccccc2-c2cccc(N(C3=CCC(c4ccccc5ccccc5ccc4)C=C3)c3ccccc3-c3ccc4oc5c6ccccc6ccc5c4c3)c21. The van der Waals surface area contributed by atoms with E-state index in [1.54, 1.807) is 0 Å². The third kappa shape index (κ3) is 5.86. The van der Waals surface area contributed by atoms with Crippen molar-refractivity contribution in [3.8, 4) is 22.3 Å². The van der Waals surface area contributed by atoms with Gasteiger partial charge >= 0.3 is 0 Å². The highest BCUT2D eigenvalue weighted by atomic mass is 16.3. The maximum atomic E-state index is 6.56. The number of rotatable bonds is 5. The number of hydrogen-bond acceptors (Lipinski definition) is 2. The zero-order valence-corrected chi connectivity index (χ0v) is 33.3. The van der Waals surface area contributed by atoms with E-state index >= 15 is 0 Å². The molecule has 0 amide bonds. The third-order valence-corrected chi connectivity index (χ3v) is 12.6. The van der Waals surface area contributed by atoms with Gasteiger partial charge in [0.05, 0.1) is 11.4 Å². The maximum absolute atomic E-state index is 6.56. The lowest BCUT2D eigenvalue weighted by molar-refractivity contribution is 0.660. The van der Waals surface area contributed by atoms with Crippen LogP contribution in [0.25, 0.3) is 65.7 Å². The van der Waals surface area contributed by atoms with Crippen LogP contribution in [0.3, 0.4) is 0 Å². The van der Waals surface area contributed by atoms with Gasteiger partial charge < -0.3 is 9.32 Å². The first-order valence-electron chi connectivity index (χ1n) is 20.7. The van der Waals surface area contributed by atoms with Crippen LogP contribution >= 0.6 is 0 Å². The van der Waals surface area contributed by atoms with Gasteiger partial charge in [0, 0.05) is 38.8 Å². The molecular formula is C57H43NO. The molecule has 1 atom stereocenters. The first-order chi connectivity index (χ1) is 29.0. The highest BCUT2D eigenvalue weighted by molar-refractivity contribution is 6.15. The Kier molecular flexibility index (Phi) is 8.34. The average Bonchev–Trinajstić information content (AvgIpc) is 3.78. The first kappa shape index (κ1) is 35.0. The van der Waals surface area contributed by atoms with Crippen LogP contribution in [0.2, 0.25) is 0 Å². The molecule has 0 spiro atoms. The van der Waals surface area contributed by atoms with Crippen molar-refractivity contribution in [1.29, 1.82) is 0 Å². The van der Waals surface area contributed by atoms with Crippen molar-refractivity contribution in [1.82, 2.24) is 0 Å². The second-order valence-electron chi connectivity index (χ2n) is 16.4. The number of para-hydroxylation sites is 1. The van der Waals surface area contributed by atoms with Crippen LogP contribution in [0.1, 0.15) is 42.9 Å². The number of fused-ring (bicyclic) bond motifs is 9. The molecule has 0 fully saturated rings. The van der Waals surface area contributed by atoms with Gasteiger partial charge in [-0.15, -0.1) is 0 Å². The molecule has 0 aliphatic heterocycles. The minimum atomic E-state index is -0.196. The summed E-state index contributed by atoms with van der Waals surface area (Å²) in [5.41, 5.74) is 14.1. The van der Waals surface area contributed by atoms with Gasteiger partial charge in [-0.1, -0.05) is 184 Å². The van der Waals surface area contributed by atoms with E-state index in [0.29, 0.717) is 0 Å². The summed E-state index contributed by atoms with van der Waals surface area (Å²) in [5, 5.41) is 7.03. The minimum Gasteiger partial charge on any atom is -0.455 e. The fourth-order valence-corrected chi connectivity index (χ4v) is 9.73. The van der Waals surface area contributed by atoms with Crippen molar-refractivity contribution in [2.45, 2.75) is 31.6 Å². The Hall–Kier alpha value is -7.16. The largest absolute Gasteiger partial charge is 0.455 e. The molecule has 0 saturated heterocycles. The first-order valence-corrected chi connectivity index (χ1v) is 20.7. The Morgan fingerprint density at radius 2 is 1.17 bits per heavy atom. The predicted octanol–water partition coefficient (Wildman–Crippen LogP) is 15.8. The van der Waals surface area contributed by atoms with E-state index in [-0.39, 0.29) is 11.3 Å². The van der Waals surface area contributed by atoms with E-state index < -0.39 is 0 Å². The van der Waals surface area contributed by atoms with Crippen LogP contribution in [-0.2, 0) is 5.41 Å². The molecule has 59 heavy (non-hydrogen) atoms. The van der Waals surface area contributed by atoms with E-state index in [1.165, 1.54) is 60.9 Å². The van der Waals surface area contributed by atoms with E-state index in [4.69, 9.17) is 4.42 Å². The monoisotopic (exact) mass is 757 g/mol. The van der Waals surface area contributed by atoms with Crippen molar-refractivity contribution < 1.29 is 4.42 Å². The molecule has 1 heterocycles. The van der Waals surface area contributed by atoms with Crippen LogP contribution in [0.15, 0.2) is 216 Å². The standard InChI is InChI=1S/C57H43NO/c1-57(2)51-26-11-9-24-47(51)48-25-14-28-53(55(48)57)58(44-33-29-41(30-34-44)40-18-6-4-16-38-15-3-5-17-39(38)20-13-21-40)52-27-12-10-22-45(52)43-32-36-54-50(37-43)49-35-31-42-19-7-8-23-46(42)56(49)59-54/h3-29,31-37,41H,30H2,1-2H3. The van der Waals surface area contributed by atoms with Crippen molar-refractivity contribution in [2.24, 2.45) is 0 Å². The van der Waals surface area contributed by atoms with Crippen molar-refractivity contribution in [2.75, 3.05) is 4.90 Å². The average molecular weight is 758 g/mol. The quantitative estimate of drug-likeness (QED) is 0.174. The van der Waals surface area contributed by atoms with Gasteiger partial charge in [0.25, 0.3) is 0 Å². The van der Waals surface area contributed by atoms with Crippen molar-refractivity contribution in [3.05, 3.63) is 229 Å². The van der Waals surface area contributed by atoms with Gasteiger partial charge in [0.2, 0.25) is 0 Å². The molecular weight excluding hydrogens is 715 g/mol. The lowest BCUT2D eigenvalue weighted by Gasteiger charge is -2.35. The lowest BCUT2D eigenvalue weighted by Crippen LogP contribution is -2.24. The zero-order chi connectivity index (χ0) is 39.5.